The molecule has 6 heteroatoms. The molecule has 16 heavy (non-hydrogen) atoms. The van der Waals surface area contributed by atoms with Crippen molar-refractivity contribution >= 4 is 45.7 Å². The Balaban J connectivity index is 2.62. The minimum Gasteiger partial charge on any atom is -0.507 e. The molecule has 0 fully saturated rings. The first kappa shape index (κ1) is 11.9. The van der Waals surface area contributed by atoms with E-state index in [-0.39, 0.29) is 5.75 Å². The second kappa shape index (κ2) is 4.00. The fourth-order valence-corrected chi connectivity index (χ4v) is 1.97. The molecule has 0 saturated heterocycles. The van der Waals surface area contributed by atoms with Gasteiger partial charge in [0.2, 0.25) is 3.79 Å². The van der Waals surface area contributed by atoms with Gasteiger partial charge in [0.05, 0.1) is 6.04 Å². The first-order valence-electron chi connectivity index (χ1n) is 4.52. The van der Waals surface area contributed by atoms with Crippen LogP contribution < -0.4 is 5.73 Å². The third kappa shape index (κ3) is 1.96. The molecule has 1 aromatic carbocycles. The van der Waals surface area contributed by atoms with Gasteiger partial charge in [-0.1, -0.05) is 40.9 Å². The quantitative estimate of drug-likeness (QED) is 0.702. The van der Waals surface area contributed by atoms with E-state index in [9.17, 15) is 5.11 Å². The lowest BCUT2D eigenvalue weighted by molar-refractivity contribution is 0.481. The summed E-state index contributed by atoms with van der Waals surface area (Å²) >= 11 is 17.2. The fraction of sp³-hybridized carbons (Fsp3) is 0.200. The van der Waals surface area contributed by atoms with E-state index in [1.807, 2.05) is 6.07 Å². The van der Waals surface area contributed by atoms with Crippen LogP contribution in [0.25, 0.3) is 10.9 Å². The Morgan fingerprint density at radius 2 is 2.00 bits per heavy atom. The Bertz CT molecular complexity index is 518. The number of fused-ring (bicyclic) bond motifs is 1. The van der Waals surface area contributed by atoms with Crippen molar-refractivity contribution in [1.82, 2.24) is 4.98 Å². The molecule has 1 heterocycles. The molecule has 0 aliphatic heterocycles. The van der Waals surface area contributed by atoms with Crippen LogP contribution in [0.2, 0.25) is 0 Å². The summed E-state index contributed by atoms with van der Waals surface area (Å²) < 4.78 is -1.61. The van der Waals surface area contributed by atoms with E-state index in [4.69, 9.17) is 40.5 Å². The number of nitrogens with two attached hydrogens (primary N) is 1. The van der Waals surface area contributed by atoms with E-state index in [2.05, 4.69) is 4.98 Å². The van der Waals surface area contributed by atoms with Gasteiger partial charge in [-0.05, 0) is 12.1 Å². The number of hydrogen-bond donors (Lipinski definition) is 3. The third-order valence-electron chi connectivity index (χ3n) is 2.40. The number of hydrogen-bond acceptors (Lipinski definition) is 2. The minimum atomic E-state index is -1.61. The Morgan fingerprint density at radius 1 is 1.31 bits per heavy atom. The molecule has 3 nitrogen and oxygen atoms in total. The summed E-state index contributed by atoms with van der Waals surface area (Å²) in [4.78, 5) is 2.97. The molecular formula is C10H9Cl3N2O. The number of rotatable bonds is 1. The van der Waals surface area contributed by atoms with Crippen LogP contribution in [0.4, 0.5) is 0 Å². The number of aromatic nitrogens is 1. The van der Waals surface area contributed by atoms with E-state index in [1.54, 1.807) is 18.3 Å². The highest BCUT2D eigenvalue weighted by Gasteiger charge is 2.32. The molecule has 2 aromatic rings. The lowest BCUT2D eigenvalue weighted by Crippen LogP contribution is -2.25. The summed E-state index contributed by atoms with van der Waals surface area (Å²) in [6.45, 7) is 0. The van der Waals surface area contributed by atoms with E-state index < -0.39 is 9.83 Å². The zero-order valence-corrected chi connectivity index (χ0v) is 10.3. The highest BCUT2D eigenvalue weighted by atomic mass is 35.6. The standard InChI is InChI=1S/C10H9Cl3N2O/c11-10(12,13)9(14)5-4-15-6-2-1-3-7(16)8(5)6/h1-4,9,15-16H,14H2. The van der Waals surface area contributed by atoms with Crippen LogP contribution in [0.1, 0.15) is 11.6 Å². The molecule has 1 aromatic heterocycles. The Kier molecular flexibility index (Phi) is 2.97. The van der Waals surface area contributed by atoms with E-state index >= 15 is 0 Å². The second-order valence-electron chi connectivity index (χ2n) is 3.46. The van der Waals surface area contributed by atoms with Crippen molar-refractivity contribution in [3.8, 4) is 5.75 Å². The van der Waals surface area contributed by atoms with Crippen LogP contribution in [-0.2, 0) is 0 Å². The number of halogens is 3. The number of aromatic amines is 1. The van der Waals surface area contributed by atoms with Crippen LogP contribution in [0.3, 0.4) is 0 Å². The smallest absolute Gasteiger partial charge is 0.209 e. The number of H-pyrrole nitrogens is 1. The number of alkyl halides is 3. The van der Waals surface area contributed by atoms with Crippen molar-refractivity contribution in [2.75, 3.05) is 0 Å². The molecule has 0 amide bonds. The maximum atomic E-state index is 9.75. The molecule has 1 unspecified atom stereocenters. The van der Waals surface area contributed by atoms with Gasteiger partial charge in [0.1, 0.15) is 5.75 Å². The summed E-state index contributed by atoms with van der Waals surface area (Å²) in [7, 11) is 0. The lowest BCUT2D eigenvalue weighted by atomic mass is 10.1. The van der Waals surface area contributed by atoms with Gasteiger partial charge in [-0.2, -0.15) is 0 Å². The molecule has 86 valence electrons. The maximum Gasteiger partial charge on any atom is 0.209 e. The molecule has 1 atom stereocenters. The molecule has 4 N–H and O–H groups in total. The highest BCUT2D eigenvalue weighted by molar-refractivity contribution is 6.68. The molecule has 2 rings (SSSR count). The van der Waals surface area contributed by atoms with Gasteiger partial charge in [0.15, 0.2) is 0 Å². The third-order valence-corrected chi connectivity index (χ3v) is 3.11. The largest absolute Gasteiger partial charge is 0.507 e. The van der Waals surface area contributed by atoms with Crippen LogP contribution in [-0.4, -0.2) is 13.9 Å². The molecule has 0 spiro atoms. The monoisotopic (exact) mass is 278 g/mol. The van der Waals surface area contributed by atoms with Crippen molar-refractivity contribution in [2.24, 2.45) is 5.73 Å². The summed E-state index contributed by atoms with van der Waals surface area (Å²) in [6, 6.07) is 4.28. The van der Waals surface area contributed by atoms with E-state index in [0.29, 0.717) is 10.9 Å². The Hall–Kier alpha value is -0.610. The average Bonchev–Trinajstić information content (AvgIpc) is 2.60. The number of phenols is 1. The zero-order valence-electron chi connectivity index (χ0n) is 8.05. The number of nitrogens with one attached hydrogen (secondary N) is 1. The molecule has 0 bridgehead atoms. The minimum absolute atomic E-state index is 0.110. The Labute approximate surface area is 107 Å². The number of benzene rings is 1. The SMILES string of the molecule is NC(c1c[nH]c2cccc(O)c12)C(Cl)(Cl)Cl. The fourth-order valence-electron chi connectivity index (χ4n) is 1.61. The highest BCUT2D eigenvalue weighted by Crippen LogP contribution is 2.42. The lowest BCUT2D eigenvalue weighted by Gasteiger charge is -2.19. The van der Waals surface area contributed by atoms with Gasteiger partial charge in [0.25, 0.3) is 0 Å². The normalized spacial score (nSPS) is 14.2. The number of aromatic hydroxyl groups is 1. The molecule has 0 radical (unpaired) electrons. The van der Waals surface area contributed by atoms with Crippen LogP contribution in [0, 0.1) is 0 Å². The van der Waals surface area contributed by atoms with Crippen molar-refractivity contribution in [2.45, 2.75) is 9.83 Å². The van der Waals surface area contributed by atoms with Gasteiger partial charge < -0.3 is 15.8 Å². The van der Waals surface area contributed by atoms with Crippen molar-refractivity contribution in [1.29, 1.82) is 0 Å². The van der Waals surface area contributed by atoms with Crippen molar-refractivity contribution < 1.29 is 5.11 Å². The average molecular weight is 280 g/mol. The number of phenolic OH excluding ortho intramolecular Hbond substituents is 1. The second-order valence-corrected chi connectivity index (χ2v) is 5.83. The topological polar surface area (TPSA) is 62.0 Å². The predicted octanol–water partition coefficient (Wildman–Crippen LogP) is 3.24. The van der Waals surface area contributed by atoms with Gasteiger partial charge in [0, 0.05) is 22.7 Å². The molecular weight excluding hydrogens is 270 g/mol. The van der Waals surface area contributed by atoms with E-state index in [0.717, 1.165) is 5.52 Å². The van der Waals surface area contributed by atoms with Crippen molar-refractivity contribution in [3.05, 3.63) is 30.0 Å². The van der Waals surface area contributed by atoms with Gasteiger partial charge in [-0.15, -0.1) is 0 Å². The first-order valence-corrected chi connectivity index (χ1v) is 5.66. The first-order chi connectivity index (χ1) is 7.41. The Morgan fingerprint density at radius 3 is 2.62 bits per heavy atom. The van der Waals surface area contributed by atoms with E-state index in [1.165, 1.54) is 0 Å². The van der Waals surface area contributed by atoms with Crippen LogP contribution >= 0.6 is 34.8 Å². The van der Waals surface area contributed by atoms with Gasteiger partial charge in [-0.3, -0.25) is 0 Å². The van der Waals surface area contributed by atoms with Gasteiger partial charge >= 0.3 is 0 Å². The summed E-state index contributed by atoms with van der Waals surface area (Å²) in [5.41, 5.74) is 7.15. The van der Waals surface area contributed by atoms with Crippen molar-refractivity contribution in [3.63, 3.8) is 0 Å². The van der Waals surface area contributed by atoms with Gasteiger partial charge in [-0.25, -0.2) is 0 Å². The summed E-state index contributed by atoms with van der Waals surface area (Å²) in [5.74, 6) is 0.110. The molecule has 0 saturated carbocycles. The molecule has 0 aliphatic rings. The molecule has 0 aliphatic carbocycles. The zero-order chi connectivity index (χ0) is 11.9. The predicted molar refractivity (Wildman–Crippen MR) is 67.2 cm³/mol. The summed E-state index contributed by atoms with van der Waals surface area (Å²) in [6.07, 6.45) is 1.64. The van der Waals surface area contributed by atoms with Crippen LogP contribution in [0.5, 0.6) is 5.75 Å². The summed E-state index contributed by atoms with van der Waals surface area (Å²) in [5, 5.41) is 10.3. The maximum absolute atomic E-state index is 9.75. The van der Waals surface area contributed by atoms with Crippen LogP contribution in [0.15, 0.2) is 24.4 Å².